The van der Waals surface area contributed by atoms with Gasteiger partial charge < -0.3 is 9.88 Å². The molecule has 0 saturated heterocycles. The van der Waals surface area contributed by atoms with Crippen LogP contribution in [0.5, 0.6) is 0 Å². The molecule has 2 heterocycles. The van der Waals surface area contributed by atoms with Gasteiger partial charge in [-0.1, -0.05) is 47.7 Å². The summed E-state index contributed by atoms with van der Waals surface area (Å²) >= 11 is 2.62. The molecule has 0 aliphatic heterocycles. The van der Waals surface area contributed by atoms with E-state index in [0.29, 0.717) is 21.7 Å². The van der Waals surface area contributed by atoms with E-state index in [-0.39, 0.29) is 24.1 Å². The van der Waals surface area contributed by atoms with Crippen molar-refractivity contribution in [1.29, 1.82) is 0 Å². The number of rotatable bonds is 8. The maximum Gasteiger partial charge on any atom is 0.251 e. The summed E-state index contributed by atoms with van der Waals surface area (Å²) in [4.78, 5) is 24.4. The molecule has 3 aromatic rings. The molecule has 1 aromatic carbocycles. The standard InChI is InChI=1S/C18H21N7O2S2/c1-4-15-22-23-17(29-15)20-14(26)10-28-18-24-21-13(25(18)3)9-19-16(27)12-7-5-6-11(2)8-12/h5-8H,4,9-10H2,1-3H3,(H,19,27)(H,20,23,26). The van der Waals surface area contributed by atoms with Crippen LogP contribution in [-0.4, -0.2) is 42.5 Å². The van der Waals surface area contributed by atoms with Gasteiger partial charge in [-0.05, 0) is 25.5 Å². The second-order valence-electron chi connectivity index (χ2n) is 6.20. The quantitative estimate of drug-likeness (QED) is 0.525. The summed E-state index contributed by atoms with van der Waals surface area (Å²) in [5.74, 6) is 0.411. The van der Waals surface area contributed by atoms with Gasteiger partial charge in [0.25, 0.3) is 5.91 Å². The molecule has 0 bridgehead atoms. The highest BCUT2D eigenvalue weighted by molar-refractivity contribution is 7.99. The van der Waals surface area contributed by atoms with Crippen LogP contribution >= 0.6 is 23.1 Å². The maximum absolute atomic E-state index is 12.3. The van der Waals surface area contributed by atoms with Gasteiger partial charge in [0.05, 0.1) is 12.3 Å². The Kier molecular flexibility index (Phi) is 6.94. The molecule has 0 unspecified atom stereocenters. The molecule has 0 aliphatic carbocycles. The lowest BCUT2D eigenvalue weighted by atomic mass is 10.1. The highest BCUT2D eigenvalue weighted by Crippen LogP contribution is 2.18. The summed E-state index contributed by atoms with van der Waals surface area (Å²) in [6.07, 6.45) is 0.782. The van der Waals surface area contributed by atoms with E-state index in [1.54, 1.807) is 17.7 Å². The van der Waals surface area contributed by atoms with Crippen LogP contribution in [-0.2, 0) is 24.8 Å². The van der Waals surface area contributed by atoms with Gasteiger partial charge in [-0.25, -0.2) is 0 Å². The molecule has 9 nitrogen and oxygen atoms in total. The molecular weight excluding hydrogens is 410 g/mol. The first-order chi connectivity index (χ1) is 14.0. The third-order valence-electron chi connectivity index (χ3n) is 3.96. The van der Waals surface area contributed by atoms with E-state index in [4.69, 9.17) is 0 Å². The molecule has 0 atom stereocenters. The summed E-state index contributed by atoms with van der Waals surface area (Å²) in [5, 5.41) is 23.6. The van der Waals surface area contributed by atoms with Gasteiger partial charge >= 0.3 is 0 Å². The second kappa shape index (κ2) is 9.61. The van der Waals surface area contributed by atoms with Crippen LogP contribution in [0.15, 0.2) is 29.4 Å². The molecule has 29 heavy (non-hydrogen) atoms. The van der Waals surface area contributed by atoms with E-state index < -0.39 is 0 Å². The SMILES string of the molecule is CCc1nnc(NC(=O)CSc2nnc(CNC(=O)c3cccc(C)c3)n2C)s1. The van der Waals surface area contributed by atoms with Crippen LogP contribution in [0.4, 0.5) is 5.13 Å². The number of aromatic nitrogens is 5. The number of carbonyl (C=O) groups excluding carboxylic acids is 2. The van der Waals surface area contributed by atoms with Crippen LogP contribution in [0.2, 0.25) is 0 Å². The van der Waals surface area contributed by atoms with E-state index in [9.17, 15) is 9.59 Å². The summed E-state index contributed by atoms with van der Waals surface area (Å²) in [6.45, 7) is 4.16. The molecule has 0 spiro atoms. The lowest BCUT2D eigenvalue weighted by molar-refractivity contribution is -0.113. The predicted molar refractivity (Wildman–Crippen MR) is 112 cm³/mol. The van der Waals surface area contributed by atoms with Crippen LogP contribution in [0.3, 0.4) is 0 Å². The van der Waals surface area contributed by atoms with Crippen molar-refractivity contribution >= 4 is 40.0 Å². The molecule has 0 aliphatic rings. The minimum Gasteiger partial charge on any atom is -0.345 e. The van der Waals surface area contributed by atoms with Gasteiger partial charge in [-0.2, -0.15) is 0 Å². The zero-order valence-electron chi connectivity index (χ0n) is 16.3. The summed E-state index contributed by atoms with van der Waals surface area (Å²) < 4.78 is 1.76. The smallest absolute Gasteiger partial charge is 0.251 e. The lowest BCUT2D eigenvalue weighted by Crippen LogP contribution is -2.24. The van der Waals surface area contributed by atoms with Gasteiger partial charge in [0.1, 0.15) is 5.01 Å². The van der Waals surface area contributed by atoms with Crippen LogP contribution in [0.25, 0.3) is 0 Å². The van der Waals surface area contributed by atoms with Crippen molar-refractivity contribution in [3.8, 4) is 0 Å². The fourth-order valence-corrected chi connectivity index (χ4v) is 3.83. The van der Waals surface area contributed by atoms with Gasteiger partial charge in [-0.3, -0.25) is 14.9 Å². The Balaban J connectivity index is 1.51. The summed E-state index contributed by atoms with van der Waals surface area (Å²) in [7, 11) is 1.80. The molecule has 2 aromatic heterocycles. The van der Waals surface area contributed by atoms with Gasteiger partial charge in [-0.15, -0.1) is 20.4 Å². The third-order valence-corrected chi connectivity index (χ3v) is 5.96. The largest absolute Gasteiger partial charge is 0.345 e. The molecule has 2 N–H and O–H groups in total. The van der Waals surface area contributed by atoms with Crippen molar-refractivity contribution in [2.45, 2.75) is 32.0 Å². The van der Waals surface area contributed by atoms with Crippen molar-refractivity contribution in [2.75, 3.05) is 11.1 Å². The Morgan fingerprint density at radius 2 is 2.03 bits per heavy atom. The summed E-state index contributed by atoms with van der Waals surface area (Å²) in [6, 6.07) is 7.37. The van der Waals surface area contributed by atoms with Crippen molar-refractivity contribution in [1.82, 2.24) is 30.3 Å². The molecule has 152 valence electrons. The van der Waals surface area contributed by atoms with Crippen LogP contribution < -0.4 is 10.6 Å². The maximum atomic E-state index is 12.3. The number of hydrogen-bond acceptors (Lipinski definition) is 8. The number of benzene rings is 1. The van der Waals surface area contributed by atoms with Gasteiger partial charge in [0.15, 0.2) is 11.0 Å². The Morgan fingerprint density at radius 3 is 2.76 bits per heavy atom. The van der Waals surface area contributed by atoms with Gasteiger partial charge in [0.2, 0.25) is 11.0 Å². The summed E-state index contributed by atoms with van der Waals surface area (Å²) in [5.41, 5.74) is 1.62. The fraction of sp³-hybridized carbons (Fsp3) is 0.333. The normalized spacial score (nSPS) is 10.7. The number of amides is 2. The molecule has 0 fully saturated rings. The second-order valence-corrected chi connectivity index (χ2v) is 8.21. The zero-order chi connectivity index (χ0) is 20.8. The minimum atomic E-state index is -0.189. The van der Waals surface area contributed by atoms with Crippen molar-refractivity contribution in [2.24, 2.45) is 7.05 Å². The molecule has 11 heteroatoms. The predicted octanol–water partition coefficient (Wildman–Crippen LogP) is 2.20. The van der Waals surface area contributed by atoms with Crippen molar-refractivity contribution in [3.05, 3.63) is 46.2 Å². The van der Waals surface area contributed by atoms with E-state index in [0.717, 1.165) is 17.0 Å². The minimum absolute atomic E-state index is 0.169. The molecule has 0 radical (unpaired) electrons. The number of nitrogens with zero attached hydrogens (tertiary/aromatic N) is 5. The molecular formula is C18H21N7O2S2. The van der Waals surface area contributed by atoms with Crippen molar-refractivity contribution in [3.63, 3.8) is 0 Å². The first-order valence-electron chi connectivity index (χ1n) is 8.94. The number of carbonyl (C=O) groups is 2. The first kappa shape index (κ1) is 20.9. The highest BCUT2D eigenvalue weighted by Gasteiger charge is 2.14. The third kappa shape index (κ3) is 5.61. The topological polar surface area (TPSA) is 115 Å². The van der Waals surface area contributed by atoms with Crippen LogP contribution in [0.1, 0.15) is 33.7 Å². The van der Waals surface area contributed by atoms with E-state index in [1.807, 2.05) is 32.0 Å². The van der Waals surface area contributed by atoms with Crippen molar-refractivity contribution < 1.29 is 9.59 Å². The van der Waals surface area contributed by atoms with E-state index in [2.05, 4.69) is 31.0 Å². The average molecular weight is 432 g/mol. The number of hydrogen-bond donors (Lipinski definition) is 2. The fourth-order valence-electron chi connectivity index (χ4n) is 2.40. The Labute approximate surface area is 176 Å². The average Bonchev–Trinajstić information content (AvgIpc) is 3.30. The number of nitrogens with one attached hydrogen (secondary N) is 2. The monoisotopic (exact) mass is 431 g/mol. The number of aryl methyl sites for hydroxylation is 2. The Morgan fingerprint density at radius 1 is 1.21 bits per heavy atom. The van der Waals surface area contributed by atoms with Gasteiger partial charge in [0, 0.05) is 12.6 Å². The molecule has 2 amide bonds. The Hall–Kier alpha value is -2.79. The Bertz CT molecular complexity index is 1020. The zero-order valence-corrected chi connectivity index (χ0v) is 17.9. The number of thioether (sulfide) groups is 1. The lowest BCUT2D eigenvalue weighted by Gasteiger charge is -2.06. The molecule has 0 saturated carbocycles. The van der Waals surface area contributed by atoms with E-state index >= 15 is 0 Å². The number of anilines is 1. The molecule has 3 rings (SSSR count). The van der Waals surface area contributed by atoms with E-state index in [1.165, 1.54) is 23.1 Å². The highest BCUT2D eigenvalue weighted by atomic mass is 32.2. The first-order valence-corrected chi connectivity index (χ1v) is 10.7. The van der Waals surface area contributed by atoms with Crippen LogP contribution in [0, 0.1) is 6.92 Å².